The van der Waals surface area contributed by atoms with Crippen molar-refractivity contribution in [3.05, 3.63) is 112 Å². The summed E-state index contributed by atoms with van der Waals surface area (Å²) in [6.45, 7) is 3.06. The molecule has 1 atom stereocenters. The highest BCUT2D eigenvalue weighted by Gasteiger charge is 2.67. The molecule has 190 valence electrons. The molecule has 0 bridgehead atoms. The summed E-state index contributed by atoms with van der Waals surface area (Å²) in [5, 5.41) is 1.76. The summed E-state index contributed by atoms with van der Waals surface area (Å²) in [5.74, 6) is -0.0885. The number of aromatic nitrogens is 3. The van der Waals surface area contributed by atoms with E-state index in [2.05, 4.69) is 32.3 Å². The molecule has 39 heavy (non-hydrogen) atoms. The first-order valence-electron chi connectivity index (χ1n) is 16.3. The van der Waals surface area contributed by atoms with E-state index in [1.54, 1.807) is 12.3 Å². The lowest BCUT2D eigenvalue weighted by Gasteiger charge is -2.19. The van der Waals surface area contributed by atoms with E-state index in [1.807, 2.05) is 70.3 Å². The Morgan fingerprint density at radius 2 is 1.59 bits per heavy atom. The predicted octanol–water partition coefficient (Wildman–Crippen LogP) is 7.17. The Morgan fingerprint density at radius 3 is 2.41 bits per heavy atom. The van der Waals surface area contributed by atoms with E-state index in [9.17, 15) is 0 Å². The van der Waals surface area contributed by atoms with Crippen LogP contribution in [0, 0.1) is 27.6 Å². The number of fused-ring (bicyclic) bond motifs is 14. The molecule has 1 spiro atoms. The van der Waals surface area contributed by atoms with Gasteiger partial charge in [-0.25, -0.2) is 4.98 Å². The Kier molecular flexibility index (Phi) is 3.29. The number of nitrogens with zero attached hydrogens (tertiary/aromatic N) is 3. The highest BCUT2D eigenvalue weighted by Crippen LogP contribution is 2.50. The molecule has 8 rings (SSSR count). The van der Waals surface area contributed by atoms with Crippen LogP contribution in [-0.4, -0.2) is 4.98 Å². The number of pyridine rings is 3. The molecule has 0 aliphatic carbocycles. The third-order valence-corrected chi connectivity index (χ3v) is 8.59. The van der Waals surface area contributed by atoms with Gasteiger partial charge in [0, 0.05) is 48.0 Å². The van der Waals surface area contributed by atoms with Crippen LogP contribution in [0.5, 0.6) is 0 Å². The average Bonchev–Trinajstić information content (AvgIpc) is 3.57. The van der Waals surface area contributed by atoms with Crippen molar-refractivity contribution in [2.45, 2.75) is 53.0 Å². The Morgan fingerprint density at radius 1 is 0.821 bits per heavy atom. The van der Waals surface area contributed by atoms with Gasteiger partial charge in [-0.05, 0) is 81.0 Å². The van der Waals surface area contributed by atoms with Crippen LogP contribution in [0.2, 0.25) is 0 Å². The van der Waals surface area contributed by atoms with Gasteiger partial charge in [-0.2, -0.15) is 0 Å². The maximum Gasteiger partial charge on any atom is 0.417 e. The van der Waals surface area contributed by atoms with Gasteiger partial charge in [-0.3, -0.25) is 0 Å². The topological polar surface area (TPSA) is 33.8 Å². The molecule has 0 amide bonds. The molecule has 2 aliphatic heterocycles. The van der Waals surface area contributed by atoms with E-state index < -0.39 is 19.4 Å². The van der Waals surface area contributed by atoms with Gasteiger partial charge in [0.15, 0.2) is 18.0 Å². The van der Waals surface area contributed by atoms with Crippen molar-refractivity contribution in [2.75, 3.05) is 0 Å². The lowest BCUT2D eigenvalue weighted by Crippen LogP contribution is -2.71. The van der Waals surface area contributed by atoms with Crippen LogP contribution in [0.4, 0.5) is 0 Å². The zero-order valence-electron chi connectivity index (χ0n) is 28.3. The Balaban J connectivity index is 1.61. The smallest absolute Gasteiger partial charge is 0.417 e. The van der Waals surface area contributed by atoms with Crippen LogP contribution in [0.25, 0.3) is 44.6 Å². The first-order chi connectivity index (χ1) is 21.2. The summed E-state index contributed by atoms with van der Waals surface area (Å²) in [4.78, 5) is 4.67. The Bertz CT molecular complexity index is 2260. The summed E-state index contributed by atoms with van der Waals surface area (Å²) in [5.41, 5.74) is 8.04. The molecule has 0 fully saturated rings. The number of benzene rings is 2. The van der Waals surface area contributed by atoms with Crippen molar-refractivity contribution in [1.82, 2.24) is 4.98 Å². The molecule has 1 unspecified atom stereocenters. The third-order valence-electron chi connectivity index (χ3n) is 8.59. The largest absolute Gasteiger partial charge is 0.437 e. The fraction of sp³-hybridized carbons (Fsp3) is 0.229. The van der Waals surface area contributed by atoms with Crippen LogP contribution < -0.4 is 9.13 Å². The fourth-order valence-electron chi connectivity index (χ4n) is 6.76. The maximum atomic E-state index is 8.51. The van der Waals surface area contributed by atoms with E-state index in [-0.39, 0.29) is 17.0 Å². The van der Waals surface area contributed by atoms with Gasteiger partial charge in [0.2, 0.25) is 17.1 Å². The van der Waals surface area contributed by atoms with Gasteiger partial charge in [0.05, 0.1) is 5.56 Å². The number of hydrogen-bond acceptors (Lipinski definition) is 2. The Labute approximate surface area is 236 Å². The van der Waals surface area contributed by atoms with E-state index in [0.29, 0.717) is 28.1 Å². The van der Waals surface area contributed by atoms with Crippen molar-refractivity contribution < 1.29 is 21.8 Å². The summed E-state index contributed by atoms with van der Waals surface area (Å²) >= 11 is 0. The van der Waals surface area contributed by atoms with Crippen molar-refractivity contribution in [3.63, 3.8) is 0 Å². The van der Waals surface area contributed by atoms with Gasteiger partial charge in [0.1, 0.15) is 16.7 Å². The fourth-order valence-corrected chi connectivity index (χ4v) is 6.76. The summed E-state index contributed by atoms with van der Waals surface area (Å²) in [6.07, 6.45) is 3.73. The van der Waals surface area contributed by atoms with Gasteiger partial charge >= 0.3 is 5.66 Å². The van der Waals surface area contributed by atoms with Crippen LogP contribution in [0.15, 0.2) is 77.5 Å². The molecule has 2 aliphatic rings. The highest BCUT2D eigenvalue weighted by atomic mass is 16.3. The van der Waals surface area contributed by atoms with Gasteiger partial charge in [-0.15, -0.1) is 9.13 Å². The predicted molar refractivity (Wildman–Crippen MR) is 154 cm³/mol. The lowest BCUT2D eigenvalue weighted by molar-refractivity contribution is -0.955. The van der Waals surface area contributed by atoms with Crippen molar-refractivity contribution >= 4 is 22.1 Å². The molecule has 2 aromatic carbocycles. The molecular formula is C35H31N3O+2. The zero-order chi connectivity index (χ0) is 31.8. The molecule has 0 radical (unpaired) electrons. The van der Waals surface area contributed by atoms with Crippen LogP contribution in [0.1, 0.15) is 67.1 Å². The monoisotopic (exact) mass is 515 g/mol. The van der Waals surface area contributed by atoms with Gasteiger partial charge < -0.3 is 4.42 Å². The van der Waals surface area contributed by atoms with Crippen molar-refractivity contribution in [2.24, 2.45) is 0 Å². The molecule has 0 saturated heterocycles. The standard InChI is InChI=1S/C35H31N3O/c1-19(2)27-18-38-31(16-21(27)4)32-29(14-13-24-25-12-11-23(6)36-34(25)39-33(24)32)35(38)28-10-8-7-9-26(28)30-15-20(3)22(5)17-37(30)35/h7-19H,1-6H3/q+2/i4D3,5D3. The summed E-state index contributed by atoms with van der Waals surface area (Å²) < 4.78 is 61.4. The zero-order valence-corrected chi connectivity index (χ0v) is 22.3. The average molecular weight is 516 g/mol. The molecule has 0 N–H and O–H groups in total. The normalized spacial score (nSPS) is 19.7. The first kappa shape index (κ1) is 17.3. The van der Waals surface area contributed by atoms with Gasteiger partial charge in [0.25, 0.3) is 0 Å². The minimum absolute atomic E-state index is 0.0885. The molecule has 4 heteroatoms. The molecule has 0 saturated carbocycles. The number of furan rings is 1. The second kappa shape index (κ2) is 7.41. The number of aryl methyl sites for hydroxylation is 4. The van der Waals surface area contributed by atoms with E-state index in [4.69, 9.17) is 12.6 Å². The second-order valence-corrected chi connectivity index (χ2v) is 11.2. The molecular weight excluding hydrogens is 478 g/mol. The summed E-state index contributed by atoms with van der Waals surface area (Å²) in [6, 6.07) is 20.0. The number of hydrogen-bond donors (Lipinski definition) is 0. The highest BCUT2D eigenvalue weighted by molar-refractivity contribution is 6.09. The molecule has 4 aromatic heterocycles. The molecule has 6 aromatic rings. The quantitative estimate of drug-likeness (QED) is 0.217. The number of rotatable bonds is 1. The van der Waals surface area contributed by atoms with Crippen LogP contribution in [-0.2, 0) is 5.66 Å². The van der Waals surface area contributed by atoms with Crippen molar-refractivity contribution in [3.8, 4) is 22.5 Å². The van der Waals surface area contributed by atoms with Crippen molar-refractivity contribution in [1.29, 1.82) is 0 Å². The SMILES string of the molecule is [2H]C([2H])([2H])c1c[n+]2c(cc1C)-c1ccccc1C21c2ccc3c(oc4nc(C)ccc43)c2-c2cc(C([2H])([2H])[2H])c(C(C)C)c[n+]21. The minimum atomic E-state index is -2.35. The van der Waals surface area contributed by atoms with E-state index >= 15 is 0 Å². The van der Waals surface area contributed by atoms with E-state index in [1.165, 1.54) is 0 Å². The van der Waals surface area contributed by atoms with Crippen LogP contribution in [0.3, 0.4) is 0 Å². The van der Waals surface area contributed by atoms with Crippen LogP contribution >= 0.6 is 0 Å². The second-order valence-electron chi connectivity index (χ2n) is 11.2. The minimum Gasteiger partial charge on any atom is -0.437 e. The van der Waals surface area contributed by atoms with E-state index in [0.717, 1.165) is 44.4 Å². The van der Waals surface area contributed by atoms with Gasteiger partial charge in [-0.1, -0.05) is 26.0 Å². The lowest BCUT2D eigenvalue weighted by atomic mass is 9.89. The Hall–Kier alpha value is -4.31. The molecule has 6 heterocycles. The molecule has 4 nitrogen and oxygen atoms in total. The third kappa shape index (κ3) is 2.66. The first-order valence-corrected chi connectivity index (χ1v) is 13.3. The summed E-state index contributed by atoms with van der Waals surface area (Å²) in [7, 11) is 0. The maximum absolute atomic E-state index is 8.51.